The second kappa shape index (κ2) is 4.62. The lowest BCUT2D eigenvalue weighted by Crippen LogP contribution is -2.52. The molecule has 0 heterocycles. The van der Waals surface area contributed by atoms with Crippen LogP contribution in [0.15, 0.2) is 12.2 Å². The lowest BCUT2D eigenvalue weighted by Gasteiger charge is -2.60. The van der Waals surface area contributed by atoms with Crippen LogP contribution in [0.2, 0.25) is 0 Å². The molecule has 0 heteroatoms. The molecule has 0 bridgehead atoms. The highest BCUT2D eigenvalue weighted by atomic mass is 14.6. The molecule has 0 saturated heterocycles. The van der Waals surface area contributed by atoms with E-state index in [2.05, 4.69) is 27.4 Å². The van der Waals surface area contributed by atoms with Gasteiger partial charge in [-0.15, -0.1) is 0 Å². The predicted octanol–water partition coefficient (Wildman–Crippen LogP) is 6.22. The number of hydrogen-bond donors (Lipinski definition) is 0. The smallest absolute Gasteiger partial charge is 0.00879 e. The maximum absolute atomic E-state index is 4.46. The summed E-state index contributed by atoms with van der Waals surface area (Å²) in [5, 5.41) is 0. The number of fused-ring (bicyclic) bond motifs is 5. The van der Waals surface area contributed by atoms with Gasteiger partial charge in [-0.3, -0.25) is 0 Å². The fourth-order valence-corrected chi connectivity index (χ4v) is 7.38. The zero-order valence-electron chi connectivity index (χ0n) is 14.5. The van der Waals surface area contributed by atoms with Gasteiger partial charge in [0, 0.05) is 0 Å². The van der Waals surface area contributed by atoms with E-state index < -0.39 is 0 Å². The van der Waals surface area contributed by atoms with E-state index in [-0.39, 0.29) is 0 Å². The van der Waals surface area contributed by atoms with Crippen LogP contribution in [0, 0.1) is 40.4 Å². The molecule has 0 aliphatic heterocycles. The molecule has 4 saturated carbocycles. The molecular weight excluding hydrogens is 252 g/mol. The Morgan fingerprint density at radius 1 is 0.952 bits per heavy atom. The first-order chi connectivity index (χ1) is 9.95. The van der Waals surface area contributed by atoms with Gasteiger partial charge in [-0.2, -0.15) is 0 Å². The molecule has 7 atom stereocenters. The van der Waals surface area contributed by atoms with Gasteiger partial charge < -0.3 is 0 Å². The standard InChI is InChI=1S/C21H34/c1-14-9-11-21(4)16(13-14)6-7-17-18-8-5-15(2)20(18,3)12-10-19(17)21/h14,16-19H,2,5-13H2,1,3-4H3. The van der Waals surface area contributed by atoms with Crippen LogP contribution in [0.1, 0.15) is 78.6 Å². The van der Waals surface area contributed by atoms with E-state index in [1.165, 1.54) is 57.8 Å². The highest BCUT2D eigenvalue weighted by molar-refractivity contribution is 5.21. The molecule has 4 aliphatic carbocycles. The van der Waals surface area contributed by atoms with Crippen LogP contribution in [-0.2, 0) is 0 Å². The zero-order valence-corrected chi connectivity index (χ0v) is 14.5. The average molecular weight is 287 g/mol. The summed E-state index contributed by atoms with van der Waals surface area (Å²) in [5.74, 6) is 5.06. The summed E-state index contributed by atoms with van der Waals surface area (Å²) in [5.41, 5.74) is 2.78. The van der Waals surface area contributed by atoms with Crippen molar-refractivity contribution < 1.29 is 0 Å². The van der Waals surface area contributed by atoms with Gasteiger partial charge in [-0.05, 0) is 91.8 Å². The first-order valence-corrected chi connectivity index (χ1v) is 9.63. The Balaban J connectivity index is 1.64. The van der Waals surface area contributed by atoms with Crippen LogP contribution in [0.4, 0.5) is 0 Å². The minimum Gasteiger partial charge on any atom is -0.0993 e. The molecule has 0 amide bonds. The zero-order chi connectivity index (χ0) is 14.8. The SMILES string of the molecule is C=C1CCC2C3CCC4CC(C)CCC4(C)C3CCC12C. The Morgan fingerprint density at radius 3 is 2.57 bits per heavy atom. The lowest BCUT2D eigenvalue weighted by atomic mass is 9.44. The van der Waals surface area contributed by atoms with E-state index in [0.29, 0.717) is 10.8 Å². The third kappa shape index (κ3) is 1.86. The Bertz CT molecular complexity index is 449. The minimum absolute atomic E-state index is 0.506. The largest absolute Gasteiger partial charge is 0.0993 e. The molecule has 0 nitrogen and oxygen atoms in total. The minimum atomic E-state index is 0.506. The van der Waals surface area contributed by atoms with E-state index in [0.717, 1.165) is 29.6 Å². The molecule has 0 radical (unpaired) electrons. The molecule has 4 aliphatic rings. The quantitative estimate of drug-likeness (QED) is 0.464. The molecule has 7 unspecified atom stereocenters. The highest BCUT2D eigenvalue weighted by Crippen LogP contribution is 2.67. The molecule has 0 aromatic heterocycles. The summed E-state index contributed by atoms with van der Waals surface area (Å²) in [6, 6.07) is 0. The predicted molar refractivity (Wildman–Crippen MR) is 90.0 cm³/mol. The Hall–Kier alpha value is -0.260. The lowest BCUT2D eigenvalue weighted by molar-refractivity contribution is -0.104. The number of hydrogen-bond acceptors (Lipinski definition) is 0. The third-order valence-corrected chi connectivity index (χ3v) is 8.88. The van der Waals surface area contributed by atoms with Crippen molar-refractivity contribution in [3.05, 3.63) is 12.2 Å². The van der Waals surface area contributed by atoms with Gasteiger partial charge in [0.05, 0.1) is 0 Å². The van der Waals surface area contributed by atoms with Crippen molar-refractivity contribution >= 4 is 0 Å². The van der Waals surface area contributed by atoms with Gasteiger partial charge in [0.25, 0.3) is 0 Å². The van der Waals surface area contributed by atoms with Gasteiger partial charge in [0.2, 0.25) is 0 Å². The topological polar surface area (TPSA) is 0 Å². The van der Waals surface area contributed by atoms with Crippen LogP contribution in [-0.4, -0.2) is 0 Å². The number of allylic oxidation sites excluding steroid dienone is 1. The van der Waals surface area contributed by atoms with Gasteiger partial charge >= 0.3 is 0 Å². The Labute approximate surface area is 131 Å². The normalized spacial score (nSPS) is 56.5. The van der Waals surface area contributed by atoms with Crippen molar-refractivity contribution in [1.29, 1.82) is 0 Å². The summed E-state index contributed by atoms with van der Waals surface area (Å²) in [6.07, 6.45) is 13.3. The Kier molecular flexibility index (Phi) is 3.15. The van der Waals surface area contributed by atoms with Crippen molar-refractivity contribution in [1.82, 2.24) is 0 Å². The van der Waals surface area contributed by atoms with E-state index in [4.69, 9.17) is 0 Å². The van der Waals surface area contributed by atoms with Gasteiger partial charge in [0.1, 0.15) is 0 Å². The molecular formula is C21H34. The van der Waals surface area contributed by atoms with Crippen molar-refractivity contribution in [2.75, 3.05) is 0 Å². The average Bonchev–Trinajstić information content (AvgIpc) is 2.76. The van der Waals surface area contributed by atoms with Crippen molar-refractivity contribution in [2.24, 2.45) is 40.4 Å². The molecule has 4 rings (SSSR count). The van der Waals surface area contributed by atoms with Crippen LogP contribution in [0.3, 0.4) is 0 Å². The van der Waals surface area contributed by atoms with E-state index in [9.17, 15) is 0 Å². The molecule has 21 heavy (non-hydrogen) atoms. The second-order valence-corrected chi connectivity index (χ2v) is 9.63. The molecule has 4 fully saturated rings. The first kappa shape index (κ1) is 14.3. The van der Waals surface area contributed by atoms with Crippen LogP contribution in [0.25, 0.3) is 0 Å². The Morgan fingerprint density at radius 2 is 1.76 bits per heavy atom. The van der Waals surface area contributed by atoms with E-state index in [1.807, 2.05) is 0 Å². The fraction of sp³-hybridized carbons (Fsp3) is 0.905. The van der Waals surface area contributed by atoms with Crippen LogP contribution in [0.5, 0.6) is 0 Å². The molecule has 0 aromatic rings. The van der Waals surface area contributed by atoms with Crippen LogP contribution >= 0.6 is 0 Å². The second-order valence-electron chi connectivity index (χ2n) is 9.63. The van der Waals surface area contributed by atoms with Gasteiger partial charge in [-0.25, -0.2) is 0 Å². The van der Waals surface area contributed by atoms with Crippen molar-refractivity contribution in [3.8, 4) is 0 Å². The van der Waals surface area contributed by atoms with E-state index in [1.54, 1.807) is 5.57 Å². The van der Waals surface area contributed by atoms with Gasteiger partial charge in [0.15, 0.2) is 0 Å². The van der Waals surface area contributed by atoms with E-state index >= 15 is 0 Å². The maximum atomic E-state index is 4.46. The third-order valence-electron chi connectivity index (χ3n) is 8.88. The van der Waals surface area contributed by atoms with Crippen LogP contribution < -0.4 is 0 Å². The monoisotopic (exact) mass is 286 g/mol. The summed E-state index contributed by atoms with van der Waals surface area (Å²) in [4.78, 5) is 0. The molecule has 0 N–H and O–H groups in total. The molecule has 0 spiro atoms. The molecule has 118 valence electrons. The first-order valence-electron chi connectivity index (χ1n) is 9.63. The van der Waals surface area contributed by atoms with Crippen molar-refractivity contribution in [3.63, 3.8) is 0 Å². The summed E-state index contributed by atoms with van der Waals surface area (Å²) in [6.45, 7) is 12.2. The summed E-state index contributed by atoms with van der Waals surface area (Å²) in [7, 11) is 0. The number of rotatable bonds is 0. The summed E-state index contributed by atoms with van der Waals surface area (Å²) >= 11 is 0. The summed E-state index contributed by atoms with van der Waals surface area (Å²) < 4.78 is 0. The molecule has 0 aromatic carbocycles. The maximum Gasteiger partial charge on any atom is -0.00879 e. The fourth-order valence-electron chi connectivity index (χ4n) is 7.38. The van der Waals surface area contributed by atoms with Gasteiger partial charge in [-0.1, -0.05) is 39.3 Å². The van der Waals surface area contributed by atoms with Crippen molar-refractivity contribution in [2.45, 2.75) is 78.6 Å². The highest BCUT2D eigenvalue weighted by Gasteiger charge is 2.58.